The monoisotopic (exact) mass is 490 g/mol. The molecule has 2 aromatic carbocycles. The molecule has 2 heterocycles. The fourth-order valence-corrected chi connectivity index (χ4v) is 5.15. The molecule has 7 nitrogen and oxygen atoms in total. The van der Waals surface area contributed by atoms with E-state index in [2.05, 4.69) is 50.0 Å². The van der Waals surface area contributed by atoms with Crippen molar-refractivity contribution in [2.45, 2.75) is 33.4 Å². The highest BCUT2D eigenvalue weighted by atomic mass is 16.5. The molecule has 7 heteroatoms. The second-order valence-corrected chi connectivity index (χ2v) is 9.46. The first kappa shape index (κ1) is 25.8. The molecule has 0 radical (unpaired) electrons. The van der Waals surface area contributed by atoms with Crippen molar-refractivity contribution in [2.75, 3.05) is 51.3 Å². The molecule has 0 bridgehead atoms. The summed E-state index contributed by atoms with van der Waals surface area (Å²) >= 11 is 0. The molecule has 0 unspecified atom stereocenters. The normalized spacial score (nSPS) is 14.2. The van der Waals surface area contributed by atoms with Crippen LogP contribution in [0, 0.1) is 13.8 Å². The average molecular weight is 491 g/mol. The van der Waals surface area contributed by atoms with Crippen LogP contribution in [0.5, 0.6) is 5.75 Å². The highest BCUT2D eigenvalue weighted by Crippen LogP contribution is 2.25. The van der Waals surface area contributed by atoms with Crippen molar-refractivity contribution in [2.24, 2.45) is 0 Å². The van der Waals surface area contributed by atoms with E-state index in [9.17, 15) is 9.90 Å². The Bertz CT molecular complexity index is 1150. The van der Waals surface area contributed by atoms with E-state index in [1.165, 1.54) is 5.69 Å². The van der Waals surface area contributed by atoms with Gasteiger partial charge in [0, 0.05) is 61.9 Å². The Morgan fingerprint density at radius 3 is 2.44 bits per heavy atom. The lowest BCUT2D eigenvalue weighted by Crippen LogP contribution is -2.46. The van der Waals surface area contributed by atoms with Crippen molar-refractivity contribution in [3.8, 4) is 5.75 Å². The summed E-state index contributed by atoms with van der Waals surface area (Å²) in [5.74, 6) is -0.0649. The minimum atomic E-state index is -0.868. The van der Waals surface area contributed by atoms with E-state index in [4.69, 9.17) is 4.74 Å². The number of methoxy groups -OCH3 is 1. The van der Waals surface area contributed by atoms with Gasteiger partial charge >= 0.3 is 5.97 Å². The quantitative estimate of drug-likeness (QED) is 0.394. The second-order valence-electron chi connectivity index (χ2n) is 9.46. The summed E-state index contributed by atoms with van der Waals surface area (Å²) in [5.41, 5.74) is 5.46. The smallest absolute Gasteiger partial charge is 0.337 e. The van der Waals surface area contributed by atoms with E-state index in [1.54, 1.807) is 7.11 Å². The molecule has 4 rings (SSSR count). The van der Waals surface area contributed by atoms with Crippen molar-refractivity contribution >= 4 is 11.7 Å². The molecule has 0 spiro atoms. The van der Waals surface area contributed by atoms with Gasteiger partial charge in [-0.3, -0.25) is 4.90 Å². The first-order valence-electron chi connectivity index (χ1n) is 12.8. The van der Waals surface area contributed by atoms with Crippen molar-refractivity contribution in [1.29, 1.82) is 0 Å². The van der Waals surface area contributed by atoms with Crippen molar-refractivity contribution in [1.82, 2.24) is 14.8 Å². The minimum absolute atomic E-state index is 0.417. The van der Waals surface area contributed by atoms with Gasteiger partial charge < -0.3 is 24.6 Å². The summed E-state index contributed by atoms with van der Waals surface area (Å²) in [6.07, 6.45) is 1.04. The van der Waals surface area contributed by atoms with Crippen molar-refractivity contribution < 1.29 is 14.6 Å². The van der Waals surface area contributed by atoms with Gasteiger partial charge in [0.15, 0.2) is 0 Å². The largest absolute Gasteiger partial charge is 0.497 e. The maximum atomic E-state index is 12.1. The number of carboxylic acid groups (broad SMARTS) is 1. The predicted molar refractivity (Wildman–Crippen MR) is 144 cm³/mol. The van der Waals surface area contributed by atoms with Gasteiger partial charge in [0.05, 0.1) is 12.7 Å². The Hall–Kier alpha value is -3.29. The number of hydrogen-bond donors (Lipinski definition) is 2. The molecule has 0 amide bonds. The van der Waals surface area contributed by atoms with E-state index >= 15 is 0 Å². The number of aromatic nitrogens is 1. The topological polar surface area (TPSA) is 70.0 Å². The number of nitrogens with one attached hydrogen (secondary N) is 1. The molecule has 1 aliphatic heterocycles. The molecule has 2 N–H and O–H groups in total. The number of aromatic carboxylic acids is 1. The SMILES string of the molecule is COc1cccc(Cn2c(C)c(CNCCCN3CCN(c4ccccc4)CC3)c(C(=O)O)c2C)c1. The van der Waals surface area contributed by atoms with Crippen LogP contribution in [0.2, 0.25) is 0 Å². The number of carboxylic acids is 1. The third kappa shape index (κ3) is 6.09. The number of carbonyl (C=O) groups is 1. The summed E-state index contributed by atoms with van der Waals surface area (Å²) in [7, 11) is 1.65. The van der Waals surface area contributed by atoms with E-state index in [0.717, 1.165) is 74.0 Å². The van der Waals surface area contributed by atoms with Gasteiger partial charge in [-0.25, -0.2) is 4.79 Å². The van der Waals surface area contributed by atoms with E-state index in [0.29, 0.717) is 18.7 Å². The fourth-order valence-electron chi connectivity index (χ4n) is 5.15. The maximum Gasteiger partial charge on any atom is 0.337 e. The van der Waals surface area contributed by atoms with Gasteiger partial charge in [0.1, 0.15) is 5.75 Å². The number of rotatable bonds is 11. The molecule has 0 aliphatic carbocycles. The van der Waals surface area contributed by atoms with Gasteiger partial charge in [-0.05, 0) is 63.2 Å². The van der Waals surface area contributed by atoms with Crippen LogP contribution in [0.3, 0.4) is 0 Å². The summed E-state index contributed by atoms with van der Waals surface area (Å²) < 4.78 is 7.45. The van der Waals surface area contributed by atoms with Gasteiger partial charge in [0.2, 0.25) is 0 Å². The number of ether oxygens (including phenoxy) is 1. The molecule has 3 aromatic rings. The number of anilines is 1. The van der Waals surface area contributed by atoms with Crippen LogP contribution in [-0.4, -0.2) is 66.9 Å². The molecule has 0 saturated carbocycles. The van der Waals surface area contributed by atoms with Crippen LogP contribution >= 0.6 is 0 Å². The zero-order valence-electron chi connectivity index (χ0n) is 21.7. The van der Waals surface area contributed by atoms with Gasteiger partial charge in [0.25, 0.3) is 0 Å². The molecule has 36 heavy (non-hydrogen) atoms. The molecular formula is C29H38N4O3. The fraction of sp³-hybridized carbons (Fsp3) is 0.414. The van der Waals surface area contributed by atoms with Crippen LogP contribution in [0.15, 0.2) is 54.6 Å². The molecule has 1 aliphatic rings. The maximum absolute atomic E-state index is 12.1. The molecule has 0 atom stereocenters. The zero-order valence-corrected chi connectivity index (χ0v) is 21.7. The number of hydrogen-bond acceptors (Lipinski definition) is 5. The molecule has 192 valence electrons. The highest BCUT2D eigenvalue weighted by Gasteiger charge is 2.22. The minimum Gasteiger partial charge on any atom is -0.497 e. The summed E-state index contributed by atoms with van der Waals surface area (Å²) in [5, 5.41) is 13.4. The van der Waals surface area contributed by atoms with E-state index < -0.39 is 5.97 Å². The van der Waals surface area contributed by atoms with E-state index in [-0.39, 0.29) is 0 Å². The molecular weight excluding hydrogens is 452 g/mol. The number of piperazine rings is 1. The van der Waals surface area contributed by atoms with Crippen molar-refractivity contribution in [3.63, 3.8) is 0 Å². The number of benzene rings is 2. The zero-order chi connectivity index (χ0) is 25.5. The summed E-state index contributed by atoms with van der Waals surface area (Å²) in [4.78, 5) is 17.1. The van der Waals surface area contributed by atoms with Gasteiger partial charge in [-0.15, -0.1) is 0 Å². The molecule has 1 fully saturated rings. The van der Waals surface area contributed by atoms with Gasteiger partial charge in [-0.2, -0.15) is 0 Å². The average Bonchev–Trinajstić information content (AvgIpc) is 3.14. The number of para-hydroxylation sites is 1. The van der Waals surface area contributed by atoms with Crippen LogP contribution in [-0.2, 0) is 13.1 Å². The Kier molecular flexibility index (Phi) is 8.67. The van der Waals surface area contributed by atoms with Crippen LogP contribution in [0.1, 0.15) is 39.3 Å². The Labute approximate surface area is 214 Å². The first-order chi connectivity index (χ1) is 17.5. The lowest BCUT2D eigenvalue weighted by atomic mass is 10.1. The molecule has 1 saturated heterocycles. The second kappa shape index (κ2) is 12.1. The summed E-state index contributed by atoms with van der Waals surface area (Å²) in [6.45, 7) is 11.3. The van der Waals surface area contributed by atoms with E-state index in [1.807, 2.05) is 38.1 Å². The third-order valence-corrected chi connectivity index (χ3v) is 7.22. The summed E-state index contributed by atoms with van der Waals surface area (Å²) in [6, 6.07) is 18.5. The lowest BCUT2D eigenvalue weighted by Gasteiger charge is -2.36. The standard InChI is InChI=1S/C29H38N4O3/c1-22-27(28(29(34)35)23(2)33(22)21-24-9-7-12-26(19-24)36-3)20-30-13-8-14-31-15-17-32(18-16-31)25-10-5-4-6-11-25/h4-7,9-12,19,30H,8,13-18,20-21H2,1-3H3,(H,34,35). The lowest BCUT2D eigenvalue weighted by molar-refractivity contribution is 0.0694. The Morgan fingerprint density at radius 1 is 1.00 bits per heavy atom. The van der Waals surface area contributed by atoms with Crippen LogP contribution in [0.4, 0.5) is 5.69 Å². The number of nitrogens with zero attached hydrogens (tertiary/aromatic N) is 3. The van der Waals surface area contributed by atoms with Crippen LogP contribution < -0.4 is 15.0 Å². The van der Waals surface area contributed by atoms with Crippen molar-refractivity contribution in [3.05, 3.63) is 82.7 Å². The Morgan fingerprint density at radius 2 is 1.75 bits per heavy atom. The highest BCUT2D eigenvalue weighted by molar-refractivity contribution is 5.91. The third-order valence-electron chi connectivity index (χ3n) is 7.22. The molecule has 1 aromatic heterocycles. The van der Waals surface area contributed by atoms with Crippen LogP contribution in [0.25, 0.3) is 0 Å². The van der Waals surface area contributed by atoms with Gasteiger partial charge in [-0.1, -0.05) is 30.3 Å². The Balaban J connectivity index is 1.29. The predicted octanol–water partition coefficient (Wildman–Crippen LogP) is 4.16. The first-order valence-corrected chi connectivity index (χ1v) is 12.8.